The third kappa shape index (κ3) is 4.59. The van der Waals surface area contributed by atoms with Gasteiger partial charge in [0.2, 0.25) is 0 Å². The standard InChI is InChI=1S/C18H26O/c1-8-14(17(2,3)4)13-19-16-11-9-10-15(12-16)18(5,6)7/h8-13H,1H2,2-7H3. The second-order valence-electron chi connectivity index (χ2n) is 6.92. The van der Waals surface area contributed by atoms with Crippen LogP contribution in [0, 0.1) is 5.41 Å². The molecule has 0 heterocycles. The first-order chi connectivity index (χ1) is 8.64. The lowest BCUT2D eigenvalue weighted by Gasteiger charge is -2.21. The molecule has 0 spiro atoms. The van der Waals surface area contributed by atoms with E-state index in [1.54, 1.807) is 6.26 Å². The monoisotopic (exact) mass is 258 g/mol. The SMILES string of the molecule is C=CC(=COc1cccc(C(C)(C)C)c1)C(C)(C)C. The van der Waals surface area contributed by atoms with Crippen LogP contribution >= 0.6 is 0 Å². The third-order valence-corrected chi connectivity index (χ3v) is 3.11. The van der Waals surface area contributed by atoms with Crippen LogP contribution in [0.25, 0.3) is 0 Å². The van der Waals surface area contributed by atoms with E-state index in [-0.39, 0.29) is 10.8 Å². The zero-order valence-electron chi connectivity index (χ0n) is 13.1. The largest absolute Gasteiger partial charge is 0.465 e. The second kappa shape index (κ2) is 5.64. The van der Waals surface area contributed by atoms with Crippen molar-refractivity contribution in [2.75, 3.05) is 0 Å². The highest BCUT2D eigenvalue weighted by atomic mass is 16.5. The first-order valence-electron chi connectivity index (χ1n) is 6.75. The molecule has 0 N–H and O–H groups in total. The van der Waals surface area contributed by atoms with E-state index < -0.39 is 0 Å². The summed E-state index contributed by atoms with van der Waals surface area (Å²) in [5, 5.41) is 0. The Bertz CT molecular complexity index is 467. The van der Waals surface area contributed by atoms with Crippen LogP contribution < -0.4 is 4.74 Å². The fourth-order valence-electron chi connectivity index (χ4n) is 1.70. The van der Waals surface area contributed by atoms with E-state index in [1.165, 1.54) is 5.56 Å². The summed E-state index contributed by atoms with van der Waals surface area (Å²) in [4.78, 5) is 0. The molecule has 1 heteroatoms. The molecular weight excluding hydrogens is 232 g/mol. The van der Waals surface area contributed by atoms with Gasteiger partial charge in [0.05, 0.1) is 6.26 Å². The normalized spacial score (nSPS) is 13.3. The van der Waals surface area contributed by atoms with Gasteiger partial charge in [-0.15, -0.1) is 0 Å². The van der Waals surface area contributed by atoms with Crippen molar-refractivity contribution in [3.63, 3.8) is 0 Å². The van der Waals surface area contributed by atoms with Crippen molar-refractivity contribution in [1.29, 1.82) is 0 Å². The summed E-state index contributed by atoms with van der Waals surface area (Å²) in [6.45, 7) is 16.9. The molecule has 104 valence electrons. The predicted molar refractivity (Wildman–Crippen MR) is 83.5 cm³/mol. The molecule has 0 atom stereocenters. The zero-order valence-corrected chi connectivity index (χ0v) is 13.1. The summed E-state index contributed by atoms with van der Waals surface area (Å²) in [6, 6.07) is 8.25. The van der Waals surface area contributed by atoms with Crippen LogP contribution in [0.5, 0.6) is 5.75 Å². The van der Waals surface area contributed by atoms with Crippen LogP contribution in [-0.2, 0) is 5.41 Å². The van der Waals surface area contributed by atoms with Gasteiger partial charge in [0.25, 0.3) is 0 Å². The van der Waals surface area contributed by atoms with Gasteiger partial charge in [0, 0.05) is 0 Å². The van der Waals surface area contributed by atoms with Gasteiger partial charge in [-0.05, 0) is 34.1 Å². The average molecular weight is 258 g/mol. The minimum Gasteiger partial charge on any atom is -0.465 e. The number of rotatable bonds is 3. The maximum atomic E-state index is 5.79. The first kappa shape index (κ1) is 15.6. The zero-order chi connectivity index (χ0) is 14.7. The van der Waals surface area contributed by atoms with Crippen molar-refractivity contribution < 1.29 is 4.74 Å². The first-order valence-corrected chi connectivity index (χ1v) is 6.75. The van der Waals surface area contributed by atoms with Crippen LogP contribution in [0.1, 0.15) is 47.1 Å². The van der Waals surface area contributed by atoms with Gasteiger partial charge in [-0.3, -0.25) is 0 Å². The van der Waals surface area contributed by atoms with Crippen molar-refractivity contribution in [1.82, 2.24) is 0 Å². The van der Waals surface area contributed by atoms with E-state index in [0.29, 0.717) is 0 Å². The van der Waals surface area contributed by atoms with Gasteiger partial charge in [-0.1, -0.05) is 66.3 Å². The van der Waals surface area contributed by atoms with E-state index in [0.717, 1.165) is 11.3 Å². The van der Waals surface area contributed by atoms with Crippen LogP contribution in [-0.4, -0.2) is 0 Å². The Morgan fingerprint density at radius 2 is 1.74 bits per heavy atom. The number of benzene rings is 1. The van der Waals surface area contributed by atoms with Crippen molar-refractivity contribution >= 4 is 0 Å². The fraction of sp³-hybridized carbons (Fsp3) is 0.444. The minimum absolute atomic E-state index is 0.0450. The van der Waals surface area contributed by atoms with Gasteiger partial charge >= 0.3 is 0 Å². The molecule has 0 radical (unpaired) electrons. The summed E-state index contributed by atoms with van der Waals surface area (Å²) in [5.41, 5.74) is 2.54. The topological polar surface area (TPSA) is 9.23 Å². The Hall–Kier alpha value is -1.50. The smallest absolute Gasteiger partial charge is 0.126 e. The third-order valence-electron chi connectivity index (χ3n) is 3.11. The molecule has 1 rings (SSSR count). The number of hydrogen-bond donors (Lipinski definition) is 0. The molecule has 0 fully saturated rings. The molecule has 1 aromatic carbocycles. The summed E-state index contributed by atoms with van der Waals surface area (Å²) in [5.74, 6) is 0.871. The molecular formula is C18H26O. The molecule has 0 aliphatic carbocycles. The van der Waals surface area contributed by atoms with Crippen LogP contribution in [0.15, 0.2) is 48.8 Å². The van der Waals surface area contributed by atoms with Crippen molar-refractivity contribution in [2.24, 2.45) is 5.41 Å². The van der Waals surface area contributed by atoms with Crippen LogP contribution in [0.2, 0.25) is 0 Å². The average Bonchev–Trinajstić information content (AvgIpc) is 2.27. The van der Waals surface area contributed by atoms with E-state index in [4.69, 9.17) is 4.74 Å². The number of ether oxygens (including phenoxy) is 1. The van der Waals surface area contributed by atoms with Crippen LogP contribution in [0.4, 0.5) is 0 Å². The lowest BCUT2D eigenvalue weighted by molar-refractivity contribution is 0.438. The van der Waals surface area contributed by atoms with E-state index in [1.807, 2.05) is 18.2 Å². The van der Waals surface area contributed by atoms with Crippen molar-refractivity contribution in [3.05, 3.63) is 54.3 Å². The summed E-state index contributed by atoms with van der Waals surface area (Å²) >= 11 is 0. The summed E-state index contributed by atoms with van der Waals surface area (Å²) in [7, 11) is 0. The van der Waals surface area contributed by atoms with Gasteiger partial charge in [-0.2, -0.15) is 0 Å². The molecule has 0 unspecified atom stereocenters. The van der Waals surface area contributed by atoms with E-state index >= 15 is 0 Å². The van der Waals surface area contributed by atoms with Crippen molar-refractivity contribution in [3.8, 4) is 5.75 Å². The highest BCUT2D eigenvalue weighted by Gasteiger charge is 2.16. The molecule has 19 heavy (non-hydrogen) atoms. The highest BCUT2D eigenvalue weighted by Crippen LogP contribution is 2.28. The van der Waals surface area contributed by atoms with Crippen LogP contribution in [0.3, 0.4) is 0 Å². The second-order valence-corrected chi connectivity index (χ2v) is 6.92. The highest BCUT2D eigenvalue weighted by molar-refractivity contribution is 5.33. The molecule has 0 aliphatic heterocycles. The molecule has 0 saturated heterocycles. The quantitative estimate of drug-likeness (QED) is 0.515. The predicted octanol–water partition coefficient (Wildman–Crippen LogP) is 5.48. The van der Waals surface area contributed by atoms with E-state index in [9.17, 15) is 0 Å². The van der Waals surface area contributed by atoms with Crippen molar-refractivity contribution in [2.45, 2.75) is 47.0 Å². The lowest BCUT2D eigenvalue weighted by Crippen LogP contribution is -2.11. The number of allylic oxidation sites excluding steroid dienone is 2. The van der Waals surface area contributed by atoms with Gasteiger partial charge in [0.15, 0.2) is 0 Å². The maximum absolute atomic E-state index is 5.79. The molecule has 0 aliphatic rings. The van der Waals surface area contributed by atoms with Gasteiger partial charge < -0.3 is 4.74 Å². The number of hydrogen-bond acceptors (Lipinski definition) is 1. The Morgan fingerprint density at radius 3 is 2.21 bits per heavy atom. The molecule has 1 aromatic rings. The van der Waals surface area contributed by atoms with Gasteiger partial charge in [-0.25, -0.2) is 0 Å². The lowest BCUT2D eigenvalue weighted by atomic mass is 9.87. The molecule has 1 nitrogen and oxygen atoms in total. The Morgan fingerprint density at radius 1 is 1.11 bits per heavy atom. The van der Waals surface area contributed by atoms with E-state index in [2.05, 4.69) is 60.3 Å². The summed E-state index contributed by atoms with van der Waals surface area (Å²) in [6.07, 6.45) is 3.66. The molecule has 0 aromatic heterocycles. The summed E-state index contributed by atoms with van der Waals surface area (Å²) < 4.78 is 5.79. The molecule has 0 amide bonds. The fourth-order valence-corrected chi connectivity index (χ4v) is 1.70. The molecule has 0 saturated carbocycles. The Labute approximate surface area is 118 Å². The molecule has 0 bridgehead atoms. The Balaban J connectivity index is 2.95. The minimum atomic E-state index is 0.0450. The maximum Gasteiger partial charge on any atom is 0.126 e. The van der Waals surface area contributed by atoms with Gasteiger partial charge in [0.1, 0.15) is 5.75 Å². The Kier molecular flexibility index (Phi) is 4.62.